The molecule has 2 heterocycles. The van der Waals surface area contributed by atoms with Gasteiger partial charge in [-0.15, -0.1) is 0 Å². The van der Waals surface area contributed by atoms with Gasteiger partial charge < -0.3 is 9.84 Å². The minimum atomic E-state index is -0.170. The Hall–Kier alpha value is -1.60. The molecule has 0 aliphatic heterocycles. The Morgan fingerprint density at radius 3 is 2.24 bits per heavy atom. The summed E-state index contributed by atoms with van der Waals surface area (Å²) in [5.74, 6) is 7.73. The Morgan fingerprint density at radius 2 is 1.76 bits per heavy atom. The van der Waals surface area contributed by atoms with Crippen LogP contribution in [0.25, 0.3) is 0 Å². The smallest absolute Gasteiger partial charge is 0.262 e. The number of hydrogen-bond acceptors (Lipinski definition) is 7. The normalized spacial score (nSPS) is 11.8. The SMILES string of the molecule is Cc1nc(Sc2nc(C(C)(C)C)nc(NN)c2C)oc1C. The second-order valence-corrected chi connectivity index (χ2v) is 6.88. The van der Waals surface area contributed by atoms with Gasteiger partial charge >= 0.3 is 0 Å². The molecule has 0 saturated heterocycles. The molecular weight excluding hydrogens is 286 g/mol. The van der Waals surface area contributed by atoms with Gasteiger partial charge in [0.15, 0.2) is 0 Å². The number of nitrogen functional groups attached to an aromatic ring is 1. The molecule has 0 aliphatic carbocycles. The molecular formula is C14H21N5OS. The van der Waals surface area contributed by atoms with Crippen molar-refractivity contribution in [2.75, 3.05) is 5.43 Å². The van der Waals surface area contributed by atoms with Crippen LogP contribution in [0.15, 0.2) is 14.7 Å². The number of nitrogens with two attached hydrogens (primary N) is 1. The Balaban J connectivity index is 2.46. The summed E-state index contributed by atoms with van der Waals surface area (Å²) < 4.78 is 5.61. The van der Waals surface area contributed by atoms with E-state index in [1.807, 2.05) is 20.8 Å². The number of aryl methyl sites for hydroxylation is 2. The predicted octanol–water partition coefficient (Wildman–Crippen LogP) is 3.12. The van der Waals surface area contributed by atoms with Gasteiger partial charge in [0.2, 0.25) is 0 Å². The van der Waals surface area contributed by atoms with Gasteiger partial charge in [0.05, 0.1) is 5.69 Å². The summed E-state index contributed by atoms with van der Waals surface area (Å²) in [5.41, 5.74) is 4.23. The quantitative estimate of drug-likeness (QED) is 0.511. The summed E-state index contributed by atoms with van der Waals surface area (Å²) in [4.78, 5) is 13.5. The molecule has 114 valence electrons. The van der Waals surface area contributed by atoms with E-state index < -0.39 is 0 Å². The maximum Gasteiger partial charge on any atom is 0.262 e. The Kier molecular flexibility index (Phi) is 4.25. The lowest BCUT2D eigenvalue weighted by Gasteiger charge is -2.19. The first-order valence-electron chi connectivity index (χ1n) is 6.70. The van der Waals surface area contributed by atoms with Crippen LogP contribution in [0.5, 0.6) is 0 Å². The third kappa shape index (κ3) is 3.36. The van der Waals surface area contributed by atoms with Crippen LogP contribution in [0.4, 0.5) is 5.82 Å². The second-order valence-electron chi connectivity index (χ2n) is 5.94. The second kappa shape index (κ2) is 5.65. The van der Waals surface area contributed by atoms with Crippen LogP contribution in [0.2, 0.25) is 0 Å². The molecule has 3 N–H and O–H groups in total. The molecule has 0 unspecified atom stereocenters. The summed E-state index contributed by atoms with van der Waals surface area (Å²) in [6.45, 7) is 11.9. The highest BCUT2D eigenvalue weighted by molar-refractivity contribution is 7.99. The van der Waals surface area contributed by atoms with Crippen LogP contribution in [0.3, 0.4) is 0 Å². The number of rotatable bonds is 3. The van der Waals surface area contributed by atoms with Crippen molar-refractivity contribution in [1.82, 2.24) is 15.0 Å². The molecule has 0 saturated carbocycles. The number of aromatic nitrogens is 3. The zero-order chi connectivity index (χ0) is 15.8. The van der Waals surface area contributed by atoms with E-state index in [1.165, 1.54) is 11.8 Å². The molecule has 0 fully saturated rings. The van der Waals surface area contributed by atoms with Gasteiger partial charge in [0.1, 0.15) is 22.4 Å². The van der Waals surface area contributed by atoms with Crippen LogP contribution in [0, 0.1) is 20.8 Å². The first-order chi connectivity index (χ1) is 9.72. The van der Waals surface area contributed by atoms with E-state index in [9.17, 15) is 0 Å². The van der Waals surface area contributed by atoms with E-state index in [2.05, 4.69) is 41.1 Å². The molecule has 0 amide bonds. The van der Waals surface area contributed by atoms with Gasteiger partial charge in [0, 0.05) is 11.0 Å². The minimum absolute atomic E-state index is 0.170. The highest BCUT2D eigenvalue weighted by atomic mass is 32.2. The molecule has 2 aromatic rings. The molecule has 2 aromatic heterocycles. The van der Waals surface area contributed by atoms with Crippen molar-refractivity contribution in [3.63, 3.8) is 0 Å². The summed E-state index contributed by atoms with van der Waals surface area (Å²) in [7, 11) is 0. The standard InChI is InChI=1S/C14H21N5OS/c1-7-10(19-15)17-12(14(4,5)6)18-11(7)21-13-16-8(2)9(3)20-13/h15H2,1-6H3,(H,17,18,19). The third-order valence-electron chi connectivity index (χ3n) is 3.10. The zero-order valence-corrected chi connectivity index (χ0v) is 14.1. The van der Waals surface area contributed by atoms with Crippen molar-refractivity contribution in [2.24, 2.45) is 5.84 Å². The zero-order valence-electron chi connectivity index (χ0n) is 13.2. The van der Waals surface area contributed by atoms with Crippen molar-refractivity contribution in [2.45, 2.75) is 57.2 Å². The highest BCUT2D eigenvalue weighted by Gasteiger charge is 2.22. The van der Waals surface area contributed by atoms with Crippen LogP contribution >= 0.6 is 11.8 Å². The largest absolute Gasteiger partial charge is 0.436 e. The highest BCUT2D eigenvalue weighted by Crippen LogP contribution is 2.33. The van der Waals surface area contributed by atoms with Crippen LogP contribution in [-0.4, -0.2) is 15.0 Å². The van der Waals surface area contributed by atoms with Crippen LogP contribution in [-0.2, 0) is 5.41 Å². The lowest BCUT2D eigenvalue weighted by Crippen LogP contribution is -2.20. The summed E-state index contributed by atoms with van der Waals surface area (Å²) in [5, 5.41) is 1.37. The van der Waals surface area contributed by atoms with Crippen molar-refractivity contribution in [1.29, 1.82) is 0 Å². The van der Waals surface area contributed by atoms with Crippen LogP contribution in [0.1, 0.15) is 43.6 Å². The summed E-state index contributed by atoms with van der Waals surface area (Å²) in [6, 6.07) is 0. The van der Waals surface area contributed by atoms with Crippen LogP contribution < -0.4 is 11.3 Å². The van der Waals surface area contributed by atoms with Gasteiger partial charge in [-0.1, -0.05) is 20.8 Å². The molecule has 0 spiro atoms. The first-order valence-corrected chi connectivity index (χ1v) is 7.51. The number of nitrogens with zero attached hydrogens (tertiary/aromatic N) is 3. The number of oxazole rings is 1. The molecule has 6 nitrogen and oxygen atoms in total. The Morgan fingerprint density at radius 1 is 1.10 bits per heavy atom. The molecule has 2 rings (SSSR count). The number of anilines is 1. The van der Waals surface area contributed by atoms with E-state index in [0.29, 0.717) is 11.0 Å². The molecule has 0 aromatic carbocycles. The minimum Gasteiger partial charge on any atom is -0.436 e. The average molecular weight is 307 g/mol. The van der Waals surface area contributed by atoms with E-state index in [0.717, 1.165) is 27.9 Å². The number of hydrazine groups is 1. The number of hydrogen-bond donors (Lipinski definition) is 2. The molecule has 0 radical (unpaired) electrons. The van der Waals surface area contributed by atoms with E-state index in [-0.39, 0.29) is 5.41 Å². The fourth-order valence-electron chi connectivity index (χ4n) is 1.64. The fourth-order valence-corrected chi connectivity index (χ4v) is 2.54. The van der Waals surface area contributed by atoms with Crippen molar-refractivity contribution >= 4 is 17.6 Å². The molecule has 0 atom stereocenters. The summed E-state index contributed by atoms with van der Waals surface area (Å²) >= 11 is 1.38. The fraction of sp³-hybridized carbons (Fsp3) is 0.500. The maximum atomic E-state index is 5.61. The van der Waals surface area contributed by atoms with E-state index in [4.69, 9.17) is 10.3 Å². The Labute approximate surface area is 128 Å². The maximum absolute atomic E-state index is 5.61. The lowest BCUT2D eigenvalue weighted by molar-refractivity contribution is 0.430. The van der Waals surface area contributed by atoms with E-state index >= 15 is 0 Å². The van der Waals surface area contributed by atoms with Gasteiger partial charge in [-0.3, -0.25) is 0 Å². The van der Waals surface area contributed by atoms with Gasteiger partial charge in [-0.25, -0.2) is 20.8 Å². The summed E-state index contributed by atoms with van der Waals surface area (Å²) in [6.07, 6.45) is 0. The molecule has 0 bridgehead atoms. The third-order valence-corrected chi connectivity index (χ3v) is 4.04. The number of nitrogens with one attached hydrogen (secondary N) is 1. The predicted molar refractivity (Wildman–Crippen MR) is 83.4 cm³/mol. The average Bonchev–Trinajstić information content (AvgIpc) is 2.69. The van der Waals surface area contributed by atoms with Gasteiger partial charge in [-0.2, -0.15) is 0 Å². The van der Waals surface area contributed by atoms with Gasteiger partial charge in [0.25, 0.3) is 5.22 Å². The first kappa shape index (κ1) is 15.8. The molecule has 21 heavy (non-hydrogen) atoms. The molecule has 0 aliphatic rings. The van der Waals surface area contributed by atoms with E-state index in [1.54, 1.807) is 0 Å². The topological polar surface area (TPSA) is 89.9 Å². The lowest BCUT2D eigenvalue weighted by atomic mass is 9.95. The van der Waals surface area contributed by atoms with Crippen molar-refractivity contribution < 1.29 is 4.42 Å². The Bertz CT molecular complexity index is 641. The van der Waals surface area contributed by atoms with Crippen molar-refractivity contribution in [3.8, 4) is 0 Å². The van der Waals surface area contributed by atoms with Gasteiger partial charge in [-0.05, 0) is 32.5 Å². The van der Waals surface area contributed by atoms with Crippen molar-refractivity contribution in [3.05, 3.63) is 22.8 Å². The monoisotopic (exact) mass is 307 g/mol. The molecule has 7 heteroatoms.